The van der Waals surface area contributed by atoms with E-state index in [1.165, 1.54) is 4.90 Å². The minimum atomic E-state index is 0.0938. The van der Waals surface area contributed by atoms with Crippen LogP contribution in [0.5, 0.6) is 6.01 Å². The number of amides is 1. The molecule has 0 aliphatic heterocycles. The number of hydrogen-bond donors (Lipinski definition) is 1. The van der Waals surface area contributed by atoms with Crippen molar-refractivity contribution in [3.8, 4) is 6.01 Å². The molecule has 3 rings (SSSR count). The maximum absolute atomic E-state index is 12.4. The van der Waals surface area contributed by atoms with Gasteiger partial charge in [0.25, 0.3) is 0 Å². The average Bonchev–Trinajstić information content (AvgIpc) is 2.64. The maximum atomic E-state index is 12.4. The number of aromatic nitrogens is 2. The zero-order valence-corrected chi connectivity index (χ0v) is 18.6. The number of rotatable bonds is 7. The highest BCUT2D eigenvalue weighted by molar-refractivity contribution is 7.99. The first kappa shape index (κ1) is 21.6. The van der Waals surface area contributed by atoms with Gasteiger partial charge in [-0.05, 0) is 63.3 Å². The number of thioether (sulfide) groups is 1. The smallest absolute Gasteiger partial charge is 0.317 e. The number of nitrogens with zero attached hydrogens (tertiary/aromatic N) is 2. The van der Waals surface area contributed by atoms with Crippen LogP contribution in [0.15, 0.2) is 35.2 Å². The van der Waals surface area contributed by atoms with E-state index in [-0.39, 0.29) is 18.1 Å². The molecule has 1 heterocycles. The fourth-order valence-corrected chi connectivity index (χ4v) is 4.48. The van der Waals surface area contributed by atoms with Crippen molar-refractivity contribution in [1.29, 1.82) is 0 Å². The van der Waals surface area contributed by atoms with E-state index in [9.17, 15) is 4.79 Å². The molecule has 0 unspecified atom stereocenters. The van der Waals surface area contributed by atoms with Crippen LogP contribution < -0.4 is 10.1 Å². The summed E-state index contributed by atoms with van der Waals surface area (Å²) in [5.41, 5.74) is 2.90. The molecule has 0 saturated heterocycles. The first-order chi connectivity index (χ1) is 13.9. The Kier molecular flexibility index (Phi) is 7.53. The summed E-state index contributed by atoms with van der Waals surface area (Å²) in [7, 11) is 0. The lowest BCUT2D eigenvalue weighted by Gasteiger charge is -2.29. The lowest BCUT2D eigenvalue weighted by molar-refractivity contribution is -0.121. The van der Waals surface area contributed by atoms with Gasteiger partial charge in [-0.25, -0.2) is 9.97 Å². The van der Waals surface area contributed by atoms with E-state index in [4.69, 9.17) is 4.74 Å². The van der Waals surface area contributed by atoms with Gasteiger partial charge in [0.2, 0.25) is 5.91 Å². The van der Waals surface area contributed by atoms with Crippen LogP contribution in [0.25, 0.3) is 0 Å². The van der Waals surface area contributed by atoms with Gasteiger partial charge in [-0.3, -0.25) is 4.79 Å². The summed E-state index contributed by atoms with van der Waals surface area (Å²) in [5, 5.41) is 3.75. The third kappa shape index (κ3) is 7.03. The minimum absolute atomic E-state index is 0.0938. The minimum Gasteiger partial charge on any atom is -0.460 e. The van der Waals surface area contributed by atoms with E-state index in [2.05, 4.69) is 53.4 Å². The number of hydrogen-bond acceptors (Lipinski definition) is 5. The molecule has 1 aliphatic carbocycles. The van der Waals surface area contributed by atoms with Crippen molar-refractivity contribution in [2.45, 2.75) is 82.1 Å². The van der Waals surface area contributed by atoms with Crippen LogP contribution in [0.1, 0.15) is 56.5 Å². The molecule has 0 radical (unpaired) electrons. The van der Waals surface area contributed by atoms with E-state index < -0.39 is 0 Å². The molecule has 29 heavy (non-hydrogen) atoms. The molecule has 1 fully saturated rings. The molecule has 5 nitrogen and oxygen atoms in total. The second-order valence-electron chi connectivity index (χ2n) is 8.08. The summed E-state index contributed by atoms with van der Waals surface area (Å²) in [6.45, 7) is 8.26. The Morgan fingerprint density at radius 2 is 1.72 bits per heavy atom. The molecule has 1 aromatic heterocycles. The zero-order chi connectivity index (χ0) is 20.8. The summed E-state index contributed by atoms with van der Waals surface area (Å²) >= 11 is 1.84. The van der Waals surface area contributed by atoms with Gasteiger partial charge in [-0.15, -0.1) is 11.8 Å². The highest BCUT2D eigenvalue weighted by Crippen LogP contribution is 2.24. The second-order valence-corrected chi connectivity index (χ2v) is 9.73. The van der Waals surface area contributed by atoms with Crippen LogP contribution in [0.2, 0.25) is 0 Å². The van der Waals surface area contributed by atoms with Gasteiger partial charge in [0.15, 0.2) is 0 Å². The zero-order valence-electron chi connectivity index (χ0n) is 17.8. The SMILES string of the molecule is Cc1cc(C)nc(OC2CCC(NC(=O)Cc3ccc(SC(C)C)cc3)CC2)n1. The van der Waals surface area contributed by atoms with Crippen molar-refractivity contribution in [1.82, 2.24) is 15.3 Å². The number of nitrogens with one attached hydrogen (secondary N) is 1. The quantitative estimate of drug-likeness (QED) is 0.670. The molecule has 156 valence electrons. The molecule has 0 atom stereocenters. The largest absolute Gasteiger partial charge is 0.460 e. The lowest BCUT2D eigenvalue weighted by atomic mass is 9.93. The van der Waals surface area contributed by atoms with Crippen molar-refractivity contribution in [3.05, 3.63) is 47.3 Å². The van der Waals surface area contributed by atoms with E-state index in [0.29, 0.717) is 17.7 Å². The number of aryl methyl sites for hydroxylation is 2. The van der Waals surface area contributed by atoms with Crippen LogP contribution >= 0.6 is 11.8 Å². The Morgan fingerprint density at radius 1 is 1.10 bits per heavy atom. The van der Waals surface area contributed by atoms with Gasteiger partial charge < -0.3 is 10.1 Å². The number of carbonyl (C=O) groups is 1. The van der Waals surface area contributed by atoms with Gasteiger partial charge in [0.1, 0.15) is 6.10 Å². The van der Waals surface area contributed by atoms with E-state index in [0.717, 1.165) is 42.6 Å². The molecule has 1 aromatic carbocycles. The fraction of sp³-hybridized carbons (Fsp3) is 0.522. The highest BCUT2D eigenvalue weighted by Gasteiger charge is 2.24. The van der Waals surface area contributed by atoms with Gasteiger partial charge in [0.05, 0.1) is 6.42 Å². The molecule has 0 bridgehead atoms. The topological polar surface area (TPSA) is 64.1 Å². The Hall–Kier alpha value is -2.08. The van der Waals surface area contributed by atoms with E-state index >= 15 is 0 Å². The fourth-order valence-electron chi connectivity index (χ4n) is 3.64. The molecular formula is C23H31N3O2S. The summed E-state index contributed by atoms with van der Waals surface area (Å²) < 4.78 is 5.97. The molecule has 1 saturated carbocycles. The van der Waals surface area contributed by atoms with Gasteiger partial charge in [-0.1, -0.05) is 26.0 Å². The highest BCUT2D eigenvalue weighted by atomic mass is 32.2. The van der Waals surface area contributed by atoms with Crippen LogP contribution in [0, 0.1) is 13.8 Å². The predicted molar refractivity (Wildman–Crippen MR) is 117 cm³/mol. The van der Waals surface area contributed by atoms with E-state index in [1.54, 1.807) is 0 Å². The van der Waals surface area contributed by atoms with Crippen LogP contribution in [-0.2, 0) is 11.2 Å². The Morgan fingerprint density at radius 3 is 2.31 bits per heavy atom. The number of ether oxygens (including phenoxy) is 1. The average molecular weight is 414 g/mol. The van der Waals surface area contributed by atoms with Crippen LogP contribution in [0.4, 0.5) is 0 Å². The Labute approximate surface area is 178 Å². The molecule has 6 heteroatoms. The van der Waals surface area contributed by atoms with Crippen molar-refractivity contribution in [2.75, 3.05) is 0 Å². The van der Waals surface area contributed by atoms with Crippen molar-refractivity contribution in [2.24, 2.45) is 0 Å². The number of benzene rings is 1. The third-order valence-corrected chi connectivity index (χ3v) is 5.95. The van der Waals surface area contributed by atoms with Crippen molar-refractivity contribution >= 4 is 17.7 Å². The Bertz CT molecular complexity index is 795. The summed E-state index contributed by atoms with van der Waals surface area (Å²) in [4.78, 5) is 22.4. The normalized spacial score (nSPS) is 19.2. The molecule has 2 aromatic rings. The maximum Gasteiger partial charge on any atom is 0.317 e. The molecule has 1 N–H and O–H groups in total. The van der Waals surface area contributed by atoms with Crippen LogP contribution in [-0.4, -0.2) is 33.3 Å². The van der Waals surface area contributed by atoms with Crippen LogP contribution in [0.3, 0.4) is 0 Å². The van der Waals surface area contributed by atoms with Crippen molar-refractivity contribution < 1.29 is 9.53 Å². The summed E-state index contributed by atoms with van der Waals surface area (Å²) in [5.74, 6) is 0.0938. The first-order valence-electron chi connectivity index (χ1n) is 10.4. The monoisotopic (exact) mass is 413 g/mol. The molecule has 1 amide bonds. The summed E-state index contributed by atoms with van der Waals surface area (Å²) in [6.07, 6.45) is 4.20. The first-order valence-corrected chi connectivity index (χ1v) is 11.3. The van der Waals surface area contributed by atoms with Gasteiger partial charge in [-0.2, -0.15) is 0 Å². The second kappa shape index (κ2) is 10.1. The molecule has 0 spiro atoms. The molecular weight excluding hydrogens is 382 g/mol. The van der Waals surface area contributed by atoms with Gasteiger partial charge >= 0.3 is 6.01 Å². The van der Waals surface area contributed by atoms with Gasteiger partial charge in [0, 0.05) is 27.6 Å². The third-order valence-electron chi connectivity index (χ3n) is 4.93. The Balaban J connectivity index is 1.42. The lowest BCUT2D eigenvalue weighted by Crippen LogP contribution is -2.40. The predicted octanol–water partition coefficient (Wildman–Crippen LogP) is 4.64. The van der Waals surface area contributed by atoms with E-state index in [1.807, 2.05) is 31.7 Å². The standard InChI is InChI=1S/C23H31N3O2S/c1-15(2)29-21-11-5-18(6-12-21)14-22(27)26-19-7-9-20(10-8-19)28-23-24-16(3)13-17(4)25-23/h5-6,11-13,15,19-20H,7-10,14H2,1-4H3,(H,26,27). The number of carbonyl (C=O) groups excluding carboxylic acids is 1. The van der Waals surface area contributed by atoms with Crippen molar-refractivity contribution in [3.63, 3.8) is 0 Å². The molecule has 1 aliphatic rings. The summed E-state index contributed by atoms with van der Waals surface area (Å²) in [6, 6.07) is 10.9.